The molecule has 0 amide bonds. The van der Waals surface area contributed by atoms with Gasteiger partial charge in [0.05, 0.1) is 11.2 Å². The molecule has 0 bridgehead atoms. The Morgan fingerprint density at radius 2 is 1.48 bits per heavy atom. The smallest absolute Gasteiger partial charge is 0.399 e. The molecule has 21 heavy (non-hydrogen) atoms. The molecule has 1 saturated heterocycles. The summed E-state index contributed by atoms with van der Waals surface area (Å²) in [6.07, 6.45) is 0. The largest absolute Gasteiger partial charge is 0.498 e. The van der Waals surface area contributed by atoms with Gasteiger partial charge in [0.25, 0.3) is 0 Å². The molecule has 116 valence electrons. The van der Waals surface area contributed by atoms with Gasteiger partial charge >= 0.3 is 7.12 Å². The summed E-state index contributed by atoms with van der Waals surface area (Å²) >= 11 is 0. The number of benzene rings is 1. The van der Waals surface area contributed by atoms with Gasteiger partial charge in [-0.25, -0.2) is 4.39 Å². The van der Waals surface area contributed by atoms with Crippen LogP contribution >= 0.6 is 0 Å². The summed E-state index contributed by atoms with van der Waals surface area (Å²) in [5, 5.41) is 0. The molecule has 1 heterocycles. The molecule has 2 rings (SSSR count). The monoisotopic (exact) mass is 292 g/mol. The lowest BCUT2D eigenvalue weighted by Crippen LogP contribution is -2.41. The summed E-state index contributed by atoms with van der Waals surface area (Å²) in [6.45, 7) is 16.1. The summed E-state index contributed by atoms with van der Waals surface area (Å²) in [5.41, 5.74) is 1.37. The van der Waals surface area contributed by atoms with E-state index in [1.54, 1.807) is 6.07 Å². The maximum atomic E-state index is 14.6. The first kappa shape index (κ1) is 16.5. The second-order valence-corrected chi connectivity index (χ2v) is 8.03. The highest BCUT2D eigenvalue weighted by molar-refractivity contribution is 6.62. The maximum Gasteiger partial charge on any atom is 0.498 e. The standard InChI is InChI=1S/C17H26BFO2/c1-11-9-12(15(2,3)4)10-13(19)14(11)18-20-16(5,6)17(7,8)21-18/h9-10H,1-8H3. The minimum absolute atomic E-state index is 0.0833. The Hall–Kier alpha value is -0.865. The number of rotatable bonds is 1. The van der Waals surface area contributed by atoms with Gasteiger partial charge in [-0.1, -0.05) is 26.8 Å². The van der Waals surface area contributed by atoms with Crippen LogP contribution in [0.2, 0.25) is 0 Å². The quantitative estimate of drug-likeness (QED) is 0.734. The molecule has 4 heteroatoms. The van der Waals surface area contributed by atoms with E-state index in [1.807, 2.05) is 40.7 Å². The zero-order valence-electron chi connectivity index (χ0n) is 14.4. The lowest BCUT2D eigenvalue weighted by molar-refractivity contribution is 0.00578. The molecule has 0 aliphatic carbocycles. The Labute approximate surface area is 128 Å². The predicted molar refractivity (Wildman–Crippen MR) is 85.6 cm³/mol. The third-order valence-electron chi connectivity index (χ3n) is 4.69. The number of hydrogen-bond donors (Lipinski definition) is 0. The molecule has 0 N–H and O–H groups in total. The third-order valence-corrected chi connectivity index (χ3v) is 4.69. The predicted octanol–water partition coefficient (Wildman–Crippen LogP) is 3.73. The van der Waals surface area contributed by atoms with E-state index in [0.29, 0.717) is 5.46 Å². The van der Waals surface area contributed by atoms with Crippen LogP contribution in [0.5, 0.6) is 0 Å². The van der Waals surface area contributed by atoms with Crippen LogP contribution in [-0.4, -0.2) is 18.3 Å². The van der Waals surface area contributed by atoms with E-state index in [4.69, 9.17) is 9.31 Å². The minimum atomic E-state index is -0.649. The Morgan fingerprint density at radius 3 is 1.86 bits per heavy atom. The average molecular weight is 292 g/mol. The zero-order chi connectivity index (χ0) is 16.2. The molecular formula is C17H26BFO2. The van der Waals surface area contributed by atoms with E-state index >= 15 is 0 Å². The Morgan fingerprint density at radius 1 is 1.00 bits per heavy atom. The van der Waals surface area contributed by atoms with E-state index in [9.17, 15) is 4.39 Å². The lowest BCUT2D eigenvalue weighted by atomic mass is 9.73. The van der Waals surface area contributed by atoms with Crippen LogP contribution in [0, 0.1) is 12.7 Å². The maximum absolute atomic E-state index is 14.6. The van der Waals surface area contributed by atoms with Crippen LogP contribution < -0.4 is 5.46 Å². The molecule has 0 spiro atoms. The Balaban J connectivity index is 2.44. The molecule has 0 aromatic heterocycles. The van der Waals surface area contributed by atoms with Crippen LogP contribution in [-0.2, 0) is 14.7 Å². The van der Waals surface area contributed by atoms with E-state index in [0.717, 1.165) is 11.1 Å². The summed E-state index contributed by atoms with van der Waals surface area (Å²) in [7, 11) is -0.649. The van der Waals surface area contributed by atoms with Crippen molar-refractivity contribution >= 4 is 12.6 Å². The number of halogens is 1. The van der Waals surface area contributed by atoms with Gasteiger partial charge in [-0.05, 0) is 57.2 Å². The van der Waals surface area contributed by atoms with Crippen LogP contribution in [0.1, 0.15) is 59.6 Å². The highest BCUT2D eigenvalue weighted by Gasteiger charge is 2.52. The molecule has 1 aromatic carbocycles. The SMILES string of the molecule is Cc1cc(C(C)(C)C)cc(F)c1B1OC(C)(C)C(C)(C)O1. The fraction of sp³-hybridized carbons (Fsp3) is 0.647. The minimum Gasteiger partial charge on any atom is -0.399 e. The van der Waals surface area contributed by atoms with Crippen molar-refractivity contribution < 1.29 is 13.7 Å². The van der Waals surface area contributed by atoms with Crippen molar-refractivity contribution in [3.8, 4) is 0 Å². The molecule has 0 unspecified atom stereocenters. The van der Waals surface area contributed by atoms with Crippen LogP contribution in [0.4, 0.5) is 4.39 Å². The summed E-state index contributed by atoms with van der Waals surface area (Å²) in [6, 6.07) is 3.64. The van der Waals surface area contributed by atoms with Crippen LogP contribution in [0.3, 0.4) is 0 Å². The van der Waals surface area contributed by atoms with E-state index < -0.39 is 18.3 Å². The van der Waals surface area contributed by atoms with Crippen molar-refractivity contribution in [1.82, 2.24) is 0 Å². The normalized spacial score (nSPS) is 20.9. The summed E-state index contributed by atoms with van der Waals surface area (Å²) in [4.78, 5) is 0. The Kier molecular flexibility index (Phi) is 3.79. The van der Waals surface area contributed by atoms with Crippen molar-refractivity contribution in [2.75, 3.05) is 0 Å². The zero-order valence-corrected chi connectivity index (χ0v) is 14.4. The van der Waals surface area contributed by atoms with Gasteiger partial charge in [-0.2, -0.15) is 0 Å². The summed E-state index contributed by atoms with van der Waals surface area (Å²) < 4.78 is 26.6. The molecule has 1 fully saturated rings. The topological polar surface area (TPSA) is 18.5 Å². The molecule has 1 aliphatic rings. The van der Waals surface area contributed by atoms with Gasteiger partial charge in [-0.15, -0.1) is 0 Å². The van der Waals surface area contributed by atoms with Gasteiger partial charge in [0, 0.05) is 5.46 Å². The number of aryl methyl sites for hydroxylation is 1. The first-order chi connectivity index (χ1) is 9.35. The van der Waals surface area contributed by atoms with Gasteiger partial charge in [0.2, 0.25) is 0 Å². The van der Waals surface area contributed by atoms with E-state index in [2.05, 4.69) is 20.8 Å². The van der Waals surface area contributed by atoms with E-state index in [1.165, 1.54) is 0 Å². The van der Waals surface area contributed by atoms with Crippen molar-refractivity contribution in [2.45, 2.75) is 72.0 Å². The Bertz CT molecular complexity index is 519. The molecule has 1 aromatic rings. The highest BCUT2D eigenvalue weighted by atomic mass is 19.1. The van der Waals surface area contributed by atoms with Crippen LogP contribution in [0.25, 0.3) is 0 Å². The molecule has 2 nitrogen and oxygen atoms in total. The number of hydrogen-bond acceptors (Lipinski definition) is 2. The van der Waals surface area contributed by atoms with Crippen molar-refractivity contribution in [3.63, 3.8) is 0 Å². The molecular weight excluding hydrogens is 266 g/mol. The van der Waals surface area contributed by atoms with Gasteiger partial charge in [-0.3, -0.25) is 0 Å². The van der Waals surface area contributed by atoms with Crippen molar-refractivity contribution in [1.29, 1.82) is 0 Å². The van der Waals surface area contributed by atoms with Crippen molar-refractivity contribution in [3.05, 3.63) is 29.1 Å². The van der Waals surface area contributed by atoms with Crippen LogP contribution in [0.15, 0.2) is 12.1 Å². The average Bonchev–Trinajstić information content (AvgIpc) is 2.45. The molecule has 1 aliphatic heterocycles. The molecule has 0 atom stereocenters. The summed E-state index contributed by atoms with van der Waals surface area (Å²) in [5.74, 6) is -0.251. The molecule has 0 saturated carbocycles. The van der Waals surface area contributed by atoms with Crippen molar-refractivity contribution in [2.24, 2.45) is 0 Å². The third kappa shape index (κ3) is 2.88. The van der Waals surface area contributed by atoms with Gasteiger partial charge in [0.15, 0.2) is 0 Å². The highest BCUT2D eigenvalue weighted by Crippen LogP contribution is 2.37. The fourth-order valence-corrected chi connectivity index (χ4v) is 2.45. The van der Waals surface area contributed by atoms with Gasteiger partial charge < -0.3 is 9.31 Å². The first-order valence-corrected chi connectivity index (χ1v) is 7.51. The second-order valence-electron chi connectivity index (χ2n) is 8.03. The van der Waals surface area contributed by atoms with Gasteiger partial charge in [0.1, 0.15) is 5.82 Å². The fourth-order valence-electron chi connectivity index (χ4n) is 2.45. The lowest BCUT2D eigenvalue weighted by Gasteiger charge is -2.32. The molecule has 0 radical (unpaired) electrons. The second kappa shape index (κ2) is 4.82. The first-order valence-electron chi connectivity index (χ1n) is 7.51. The van der Waals surface area contributed by atoms with E-state index in [-0.39, 0.29) is 11.2 Å².